The molecule has 26 heavy (non-hydrogen) atoms. The molecule has 4 bridgehead atoms. The van der Waals surface area contributed by atoms with Gasteiger partial charge in [-0.2, -0.15) is 5.26 Å². The zero-order valence-corrected chi connectivity index (χ0v) is 15.7. The highest BCUT2D eigenvalue weighted by atomic mass is 32.1. The molecule has 1 heterocycles. The first-order valence-corrected chi connectivity index (χ1v) is 10.4. The highest BCUT2D eigenvalue weighted by Gasteiger charge is 2.54. The van der Waals surface area contributed by atoms with Gasteiger partial charge in [-0.1, -0.05) is 6.07 Å². The fraction of sp³-hybridized carbons (Fsp3) is 0.650. The van der Waals surface area contributed by atoms with Gasteiger partial charge in [-0.3, -0.25) is 4.79 Å². The average molecular weight is 372 g/mol. The Morgan fingerprint density at radius 3 is 2.42 bits per heavy atom. The summed E-state index contributed by atoms with van der Waals surface area (Å²) >= 11 is 1.31. The number of amides is 1. The number of esters is 1. The van der Waals surface area contributed by atoms with Crippen molar-refractivity contribution in [2.24, 2.45) is 17.8 Å². The van der Waals surface area contributed by atoms with Crippen LogP contribution in [0.25, 0.3) is 0 Å². The van der Waals surface area contributed by atoms with Gasteiger partial charge in [-0.15, -0.1) is 11.3 Å². The molecule has 4 aliphatic rings. The smallest absolute Gasteiger partial charge is 0.348 e. The topological polar surface area (TPSA) is 70.4 Å². The predicted molar refractivity (Wildman–Crippen MR) is 97.4 cm³/mol. The molecule has 0 aliphatic heterocycles. The second-order valence-corrected chi connectivity index (χ2v) is 9.10. The minimum Gasteiger partial charge on any atom is -0.451 e. The largest absolute Gasteiger partial charge is 0.451 e. The van der Waals surface area contributed by atoms with Gasteiger partial charge in [0.25, 0.3) is 5.91 Å². The lowest BCUT2D eigenvalue weighted by atomic mass is 9.52. The molecule has 4 fully saturated rings. The van der Waals surface area contributed by atoms with E-state index >= 15 is 0 Å². The van der Waals surface area contributed by atoms with Crippen molar-refractivity contribution in [3.63, 3.8) is 0 Å². The maximum atomic E-state index is 13.0. The monoisotopic (exact) mass is 372 g/mol. The van der Waals surface area contributed by atoms with Crippen molar-refractivity contribution in [1.82, 2.24) is 4.90 Å². The van der Waals surface area contributed by atoms with E-state index in [1.165, 1.54) is 30.6 Å². The molecular formula is C20H24N2O3S. The Labute approximate surface area is 157 Å². The Morgan fingerprint density at radius 2 is 1.88 bits per heavy atom. The zero-order valence-electron chi connectivity index (χ0n) is 14.9. The van der Waals surface area contributed by atoms with Gasteiger partial charge in [0.2, 0.25) is 0 Å². The van der Waals surface area contributed by atoms with E-state index in [0.29, 0.717) is 35.6 Å². The minimum absolute atomic E-state index is 0.113. The first-order valence-electron chi connectivity index (χ1n) is 9.48. The van der Waals surface area contributed by atoms with Gasteiger partial charge >= 0.3 is 5.97 Å². The summed E-state index contributed by atoms with van der Waals surface area (Å²) in [5, 5.41) is 10.9. The Kier molecular flexibility index (Phi) is 4.74. The molecule has 0 radical (unpaired) electrons. The van der Waals surface area contributed by atoms with E-state index in [2.05, 4.69) is 6.07 Å². The van der Waals surface area contributed by atoms with Crippen LogP contribution in [0.1, 0.15) is 54.6 Å². The predicted octanol–water partition coefficient (Wildman–Crippen LogP) is 3.62. The summed E-state index contributed by atoms with van der Waals surface area (Å²) in [7, 11) is 0. The Morgan fingerprint density at radius 1 is 1.23 bits per heavy atom. The second kappa shape index (κ2) is 7.03. The van der Waals surface area contributed by atoms with Crippen molar-refractivity contribution in [3.8, 4) is 6.07 Å². The van der Waals surface area contributed by atoms with Crippen LogP contribution >= 0.6 is 11.3 Å². The van der Waals surface area contributed by atoms with Crippen LogP contribution in [0, 0.1) is 29.1 Å². The van der Waals surface area contributed by atoms with Crippen molar-refractivity contribution >= 4 is 23.2 Å². The molecule has 0 aromatic carbocycles. The van der Waals surface area contributed by atoms with Gasteiger partial charge in [-0.25, -0.2) is 4.79 Å². The van der Waals surface area contributed by atoms with Crippen LogP contribution in [-0.2, 0) is 9.53 Å². The summed E-state index contributed by atoms with van der Waals surface area (Å²) in [6.07, 6.45) is 7.37. The van der Waals surface area contributed by atoms with E-state index in [1.54, 1.807) is 12.1 Å². The van der Waals surface area contributed by atoms with Crippen LogP contribution in [0.3, 0.4) is 0 Å². The Balaban J connectivity index is 1.47. The van der Waals surface area contributed by atoms with Crippen molar-refractivity contribution in [2.45, 2.75) is 50.5 Å². The molecule has 1 aromatic rings. The molecule has 5 nitrogen and oxygen atoms in total. The highest BCUT2D eigenvalue weighted by Crippen LogP contribution is 2.57. The maximum Gasteiger partial charge on any atom is 0.348 e. The van der Waals surface area contributed by atoms with E-state index in [1.807, 2.05) is 10.3 Å². The molecule has 5 rings (SSSR count). The lowest BCUT2D eigenvalue weighted by Gasteiger charge is -2.60. The van der Waals surface area contributed by atoms with Gasteiger partial charge in [-0.05, 0) is 67.7 Å². The van der Waals surface area contributed by atoms with E-state index in [0.717, 1.165) is 19.3 Å². The van der Waals surface area contributed by atoms with E-state index in [4.69, 9.17) is 10.00 Å². The first kappa shape index (κ1) is 17.5. The van der Waals surface area contributed by atoms with Crippen LogP contribution < -0.4 is 0 Å². The number of hydrogen-bond acceptors (Lipinski definition) is 5. The number of ether oxygens (including phenoxy) is 1. The molecule has 6 heteroatoms. The summed E-state index contributed by atoms with van der Waals surface area (Å²) in [6.45, 7) is 0.210. The second-order valence-electron chi connectivity index (χ2n) is 8.15. The average Bonchev–Trinajstić information content (AvgIpc) is 3.13. The van der Waals surface area contributed by atoms with Gasteiger partial charge in [0, 0.05) is 12.1 Å². The third-order valence-corrected chi connectivity index (χ3v) is 7.23. The standard InChI is InChI=1S/C20H24N2O3S/c21-4-2-5-22(18(23)13-25-19(24)17-3-1-6-26-17)20-10-14-7-15(11-20)9-16(8-14)12-20/h1,3,6,14-16H,2,5,7-13H2. The molecule has 138 valence electrons. The number of rotatable bonds is 6. The molecule has 1 aromatic heterocycles. The summed E-state index contributed by atoms with van der Waals surface area (Å²) in [4.78, 5) is 27.5. The number of nitriles is 1. The number of carbonyl (C=O) groups is 2. The van der Waals surface area contributed by atoms with Crippen LogP contribution in [0.2, 0.25) is 0 Å². The van der Waals surface area contributed by atoms with Crippen LogP contribution in [0.4, 0.5) is 0 Å². The van der Waals surface area contributed by atoms with E-state index in [9.17, 15) is 9.59 Å². The zero-order chi connectivity index (χ0) is 18.1. The highest BCUT2D eigenvalue weighted by molar-refractivity contribution is 7.11. The summed E-state index contributed by atoms with van der Waals surface area (Å²) < 4.78 is 5.27. The quantitative estimate of drug-likeness (QED) is 0.715. The first-order chi connectivity index (χ1) is 12.6. The summed E-state index contributed by atoms with van der Waals surface area (Å²) in [6, 6.07) is 5.66. The van der Waals surface area contributed by atoms with Crippen LogP contribution in [0.15, 0.2) is 17.5 Å². The fourth-order valence-corrected chi connectivity index (χ4v) is 6.47. The van der Waals surface area contributed by atoms with Crippen LogP contribution in [0.5, 0.6) is 0 Å². The molecule has 4 saturated carbocycles. The maximum absolute atomic E-state index is 13.0. The van der Waals surface area contributed by atoms with Crippen LogP contribution in [-0.4, -0.2) is 35.5 Å². The van der Waals surface area contributed by atoms with Gasteiger partial charge < -0.3 is 9.64 Å². The van der Waals surface area contributed by atoms with E-state index < -0.39 is 5.97 Å². The molecule has 0 saturated heterocycles. The van der Waals surface area contributed by atoms with Crippen molar-refractivity contribution < 1.29 is 14.3 Å². The van der Waals surface area contributed by atoms with Crippen molar-refractivity contribution in [3.05, 3.63) is 22.4 Å². The summed E-state index contributed by atoms with van der Waals surface area (Å²) in [5.41, 5.74) is -0.113. The molecule has 4 aliphatic carbocycles. The molecule has 0 spiro atoms. The third-order valence-electron chi connectivity index (χ3n) is 6.38. The molecule has 0 unspecified atom stereocenters. The SMILES string of the molecule is N#CCCN(C(=O)COC(=O)c1cccs1)C12CC3CC(CC(C3)C1)C2. The number of carbonyl (C=O) groups excluding carboxylic acids is 2. The Bertz CT molecular complexity index is 687. The molecular weight excluding hydrogens is 348 g/mol. The minimum atomic E-state index is -0.445. The lowest BCUT2D eigenvalue weighted by molar-refractivity contribution is -0.153. The van der Waals surface area contributed by atoms with Gasteiger partial charge in [0.05, 0.1) is 12.5 Å². The number of hydrogen-bond donors (Lipinski definition) is 0. The normalized spacial score (nSPS) is 31.4. The Hall–Kier alpha value is -1.87. The molecule has 0 atom stereocenters. The van der Waals surface area contributed by atoms with Crippen molar-refractivity contribution in [1.29, 1.82) is 5.26 Å². The molecule has 0 N–H and O–H groups in total. The fourth-order valence-electron chi connectivity index (χ4n) is 5.85. The summed E-state index contributed by atoms with van der Waals surface area (Å²) in [5.74, 6) is 1.55. The van der Waals surface area contributed by atoms with Crippen molar-refractivity contribution in [2.75, 3.05) is 13.2 Å². The van der Waals surface area contributed by atoms with E-state index in [-0.39, 0.29) is 18.1 Å². The van der Waals surface area contributed by atoms with Gasteiger partial charge in [0.1, 0.15) is 4.88 Å². The number of nitrogens with zero attached hydrogens (tertiary/aromatic N) is 2. The lowest BCUT2D eigenvalue weighted by Crippen LogP contribution is -2.62. The molecule has 1 amide bonds. The number of thiophene rings is 1. The van der Waals surface area contributed by atoms with Gasteiger partial charge in [0.15, 0.2) is 6.61 Å². The third kappa shape index (κ3) is 3.25.